The van der Waals surface area contributed by atoms with Crippen LogP contribution in [-0.2, 0) is 16.1 Å². The van der Waals surface area contributed by atoms with Gasteiger partial charge in [0.25, 0.3) is 0 Å². The summed E-state index contributed by atoms with van der Waals surface area (Å²) in [5.74, 6) is 1.71. The lowest BCUT2D eigenvalue weighted by Gasteiger charge is -2.27. The number of carbonyl (C=O) groups is 2. The summed E-state index contributed by atoms with van der Waals surface area (Å²) in [6.45, 7) is 4.72. The molecule has 1 saturated heterocycles. The Kier molecular flexibility index (Phi) is 8.60. The van der Waals surface area contributed by atoms with Crippen LogP contribution in [0.1, 0.15) is 12.5 Å². The van der Waals surface area contributed by atoms with Crippen molar-refractivity contribution in [2.75, 3.05) is 41.0 Å². The molecule has 2 N–H and O–H groups in total. The zero-order chi connectivity index (χ0) is 21.3. The average Bonchev–Trinajstić information content (AvgIpc) is 2.75. The molecule has 1 atom stereocenters. The summed E-state index contributed by atoms with van der Waals surface area (Å²) in [5, 5.41) is 5.33. The van der Waals surface area contributed by atoms with E-state index in [4.69, 9.17) is 0 Å². The molecule has 160 valence electrons. The monoisotopic (exact) mass is 447 g/mol. The Morgan fingerprint density at radius 1 is 1.10 bits per heavy atom. The number of hydrogen-bond acceptors (Lipinski definition) is 5. The van der Waals surface area contributed by atoms with Gasteiger partial charge < -0.3 is 10.6 Å². The smallest absolute Gasteiger partial charge is 0.237 e. The van der Waals surface area contributed by atoms with Crippen molar-refractivity contribution >= 4 is 46.7 Å². The van der Waals surface area contributed by atoms with E-state index in [9.17, 15) is 14.0 Å². The Labute approximate surface area is 185 Å². The number of amides is 2. The van der Waals surface area contributed by atoms with Gasteiger partial charge in [-0.25, -0.2) is 4.39 Å². The first-order valence-corrected chi connectivity index (χ1v) is 12.1. The Hall–Kier alpha value is -2.03. The van der Waals surface area contributed by atoms with Crippen LogP contribution in [0.5, 0.6) is 0 Å². The van der Waals surface area contributed by atoms with Gasteiger partial charge in [-0.1, -0.05) is 18.2 Å². The first-order valence-electron chi connectivity index (χ1n) is 9.87. The molecule has 0 bridgehead atoms. The van der Waals surface area contributed by atoms with Gasteiger partial charge in [0.15, 0.2) is 0 Å². The minimum atomic E-state index is -0.386. The third-order valence-electron chi connectivity index (χ3n) is 4.73. The van der Waals surface area contributed by atoms with Gasteiger partial charge in [0.1, 0.15) is 5.82 Å². The SMILES string of the molecule is CC(SCC(=O)Nc1ccc(F)cc1)C(=O)Nc1ccccc1CN1CCSCC1. The van der Waals surface area contributed by atoms with Crippen LogP contribution in [0.2, 0.25) is 0 Å². The minimum absolute atomic E-state index is 0.128. The molecule has 5 nitrogen and oxygen atoms in total. The quantitative estimate of drug-likeness (QED) is 0.639. The maximum atomic E-state index is 12.9. The molecule has 1 unspecified atom stereocenters. The fourth-order valence-electron chi connectivity index (χ4n) is 3.02. The first kappa shape index (κ1) is 22.7. The van der Waals surface area contributed by atoms with Crippen LogP contribution in [-0.4, -0.2) is 52.3 Å². The Balaban J connectivity index is 1.49. The van der Waals surface area contributed by atoms with Gasteiger partial charge in [0.2, 0.25) is 11.8 Å². The van der Waals surface area contributed by atoms with E-state index in [-0.39, 0.29) is 28.6 Å². The minimum Gasteiger partial charge on any atom is -0.325 e. The van der Waals surface area contributed by atoms with Crippen molar-refractivity contribution in [2.24, 2.45) is 0 Å². The maximum Gasteiger partial charge on any atom is 0.237 e. The number of nitrogens with one attached hydrogen (secondary N) is 2. The highest BCUT2D eigenvalue weighted by molar-refractivity contribution is 8.01. The summed E-state index contributed by atoms with van der Waals surface area (Å²) >= 11 is 3.24. The van der Waals surface area contributed by atoms with Crippen molar-refractivity contribution in [2.45, 2.75) is 18.7 Å². The van der Waals surface area contributed by atoms with E-state index in [0.717, 1.165) is 42.4 Å². The molecule has 8 heteroatoms. The van der Waals surface area contributed by atoms with Crippen LogP contribution in [0.3, 0.4) is 0 Å². The van der Waals surface area contributed by atoms with Crippen molar-refractivity contribution in [3.05, 3.63) is 59.9 Å². The van der Waals surface area contributed by atoms with Crippen LogP contribution in [0, 0.1) is 5.82 Å². The van der Waals surface area contributed by atoms with E-state index in [2.05, 4.69) is 15.5 Å². The molecule has 0 radical (unpaired) electrons. The summed E-state index contributed by atoms with van der Waals surface area (Å²) in [6, 6.07) is 13.5. The highest BCUT2D eigenvalue weighted by Gasteiger charge is 2.18. The van der Waals surface area contributed by atoms with Gasteiger partial charge >= 0.3 is 0 Å². The number of nitrogens with zero attached hydrogens (tertiary/aromatic N) is 1. The van der Waals surface area contributed by atoms with Crippen LogP contribution < -0.4 is 10.6 Å². The summed E-state index contributed by atoms with van der Waals surface area (Å²) in [7, 11) is 0. The van der Waals surface area contributed by atoms with Crippen molar-refractivity contribution in [3.63, 3.8) is 0 Å². The highest BCUT2D eigenvalue weighted by atomic mass is 32.2. The second-order valence-corrected chi connectivity index (χ2v) is 9.60. The van der Waals surface area contributed by atoms with Gasteiger partial charge in [0, 0.05) is 42.5 Å². The number of anilines is 2. The number of carbonyl (C=O) groups excluding carboxylic acids is 2. The fourth-order valence-corrected chi connectivity index (χ4v) is 4.68. The first-order chi connectivity index (χ1) is 14.5. The average molecular weight is 448 g/mol. The molecule has 0 saturated carbocycles. The molecule has 1 heterocycles. The van der Waals surface area contributed by atoms with E-state index in [1.807, 2.05) is 36.0 Å². The highest BCUT2D eigenvalue weighted by Crippen LogP contribution is 2.21. The largest absolute Gasteiger partial charge is 0.325 e. The third-order valence-corrected chi connectivity index (χ3v) is 6.82. The van der Waals surface area contributed by atoms with Crippen LogP contribution in [0.4, 0.5) is 15.8 Å². The summed E-state index contributed by atoms with van der Waals surface area (Å²) in [6.07, 6.45) is 0. The van der Waals surface area contributed by atoms with Crippen molar-refractivity contribution < 1.29 is 14.0 Å². The molecule has 1 aliphatic rings. The second kappa shape index (κ2) is 11.4. The van der Waals surface area contributed by atoms with E-state index in [0.29, 0.717) is 5.69 Å². The lowest BCUT2D eigenvalue weighted by molar-refractivity contribution is -0.115. The second-order valence-electron chi connectivity index (χ2n) is 7.04. The van der Waals surface area contributed by atoms with Gasteiger partial charge in [-0.2, -0.15) is 11.8 Å². The number of hydrogen-bond donors (Lipinski definition) is 2. The summed E-state index contributed by atoms with van der Waals surface area (Å²) in [5.41, 5.74) is 2.46. The van der Waals surface area contributed by atoms with E-state index >= 15 is 0 Å². The van der Waals surface area contributed by atoms with E-state index in [1.165, 1.54) is 36.0 Å². The number of benzene rings is 2. The van der Waals surface area contributed by atoms with Crippen LogP contribution >= 0.6 is 23.5 Å². The summed E-state index contributed by atoms with van der Waals surface area (Å²) < 4.78 is 12.9. The molecular weight excluding hydrogens is 421 g/mol. The van der Waals surface area contributed by atoms with Gasteiger partial charge in [-0.3, -0.25) is 14.5 Å². The Bertz CT molecular complexity index is 858. The van der Waals surface area contributed by atoms with Gasteiger partial charge in [-0.15, -0.1) is 11.8 Å². The molecule has 2 aromatic carbocycles. The molecule has 2 aromatic rings. The molecular formula is C22H26FN3O2S2. The number of halogens is 1. The summed E-state index contributed by atoms with van der Waals surface area (Å²) in [4.78, 5) is 27.1. The third kappa shape index (κ3) is 7.04. The molecule has 2 amide bonds. The van der Waals surface area contributed by atoms with E-state index in [1.54, 1.807) is 6.92 Å². The molecule has 3 rings (SSSR count). The van der Waals surface area contributed by atoms with Crippen molar-refractivity contribution in [3.8, 4) is 0 Å². The van der Waals surface area contributed by atoms with Crippen LogP contribution in [0.15, 0.2) is 48.5 Å². The fraction of sp³-hybridized carbons (Fsp3) is 0.364. The number of thioether (sulfide) groups is 2. The van der Waals surface area contributed by atoms with Crippen molar-refractivity contribution in [1.29, 1.82) is 0 Å². The lowest BCUT2D eigenvalue weighted by atomic mass is 10.1. The topological polar surface area (TPSA) is 61.4 Å². The molecule has 1 aliphatic heterocycles. The maximum absolute atomic E-state index is 12.9. The standard InChI is InChI=1S/C22H26FN3O2S2/c1-16(30-15-21(27)24-19-8-6-18(23)7-9-19)22(28)25-20-5-3-2-4-17(20)14-26-10-12-29-13-11-26/h2-9,16H,10-15H2,1H3,(H,24,27)(H,25,28). The van der Waals surface area contributed by atoms with Crippen molar-refractivity contribution in [1.82, 2.24) is 4.90 Å². The number of para-hydroxylation sites is 1. The molecule has 0 spiro atoms. The number of rotatable bonds is 8. The molecule has 30 heavy (non-hydrogen) atoms. The molecule has 1 fully saturated rings. The normalized spacial score (nSPS) is 15.4. The zero-order valence-electron chi connectivity index (χ0n) is 16.9. The molecule has 0 aromatic heterocycles. The Morgan fingerprint density at radius 3 is 2.53 bits per heavy atom. The van der Waals surface area contributed by atoms with Crippen LogP contribution in [0.25, 0.3) is 0 Å². The van der Waals surface area contributed by atoms with Gasteiger partial charge in [-0.05, 0) is 42.8 Å². The predicted octanol–water partition coefficient (Wildman–Crippen LogP) is 4.07. The molecule has 0 aliphatic carbocycles. The predicted molar refractivity (Wildman–Crippen MR) is 125 cm³/mol. The van der Waals surface area contributed by atoms with E-state index < -0.39 is 0 Å². The van der Waals surface area contributed by atoms with Gasteiger partial charge in [0.05, 0.1) is 11.0 Å². The zero-order valence-corrected chi connectivity index (χ0v) is 18.5. The lowest BCUT2D eigenvalue weighted by Crippen LogP contribution is -2.32. The Morgan fingerprint density at radius 2 is 1.80 bits per heavy atom.